The Hall–Kier alpha value is -3.91. The van der Waals surface area contributed by atoms with E-state index < -0.39 is 24.4 Å². The van der Waals surface area contributed by atoms with Crippen LogP contribution in [0.3, 0.4) is 0 Å². The van der Waals surface area contributed by atoms with Gasteiger partial charge in [0.2, 0.25) is 5.78 Å². The summed E-state index contributed by atoms with van der Waals surface area (Å²) < 4.78 is 10.6. The first kappa shape index (κ1) is 25.7. The third kappa shape index (κ3) is 4.39. The van der Waals surface area contributed by atoms with Crippen molar-refractivity contribution in [3.63, 3.8) is 0 Å². The molecule has 0 unspecified atom stereocenters. The van der Waals surface area contributed by atoms with Crippen molar-refractivity contribution in [1.82, 2.24) is 0 Å². The quantitative estimate of drug-likeness (QED) is 0.147. The maximum Gasteiger partial charge on any atom is 0.342 e. The minimum Gasteiger partial charge on any atom is -0.496 e. The number of nitrogens with zero attached hydrogens (tertiary/aromatic N) is 1. The smallest absolute Gasteiger partial charge is 0.342 e. The van der Waals surface area contributed by atoms with Gasteiger partial charge in [-0.05, 0) is 29.0 Å². The first-order valence-electron chi connectivity index (χ1n) is 11.1. The summed E-state index contributed by atoms with van der Waals surface area (Å²) in [5, 5.41) is 1.77. The van der Waals surface area contributed by atoms with E-state index in [0.29, 0.717) is 5.56 Å². The van der Waals surface area contributed by atoms with Gasteiger partial charge in [-0.2, -0.15) is 0 Å². The van der Waals surface area contributed by atoms with Crippen LogP contribution in [-0.4, -0.2) is 37.3 Å². The third-order valence-corrected chi connectivity index (χ3v) is 7.11. The number of rotatable bonds is 6. The lowest BCUT2D eigenvalue weighted by Gasteiger charge is -2.18. The number of esters is 1. The van der Waals surface area contributed by atoms with Crippen LogP contribution >= 0.6 is 34.8 Å². The molecule has 0 radical (unpaired) electrons. The van der Waals surface area contributed by atoms with Crippen LogP contribution in [0.2, 0.25) is 15.1 Å². The van der Waals surface area contributed by atoms with Gasteiger partial charge in [0, 0.05) is 11.6 Å². The fourth-order valence-corrected chi connectivity index (χ4v) is 4.83. The molecule has 1 heterocycles. The Bertz CT molecular complexity index is 1640. The Morgan fingerprint density at radius 2 is 1.42 bits per heavy atom. The van der Waals surface area contributed by atoms with E-state index in [0.717, 1.165) is 15.7 Å². The molecule has 38 heavy (non-hydrogen) atoms. The topological polar surface area (TPSA) is 90.0 Å². The Labute approximate surface area is 231 Å². The number of methoxy groups -OCH3 is 1. The SMILES string of the molecule is COc1cc(N2C(=O)c3cc(Cl)c(Cl)cc3C2=O)c(Cl)cc1C(=O)OCC(=O)c1cccc2ccccc12. The number of anilines is 1. The minimum absolute atomic E-state index is 0.00894. The van der Waals surface area contributed by atoms with Crippen LogP contribution in [0.15, 0.2) is 66.7 Å². The van der Waals surface area contributed by atoms with Crippen LogP contribution in [0.25, 0.3) is 10.8 Å². The third-order valence-electron chi connectivity index (χ3n) is 6.08. The summed E-state index contributed by atoms with van der Waals surface area (Å²) in [6.07, 6.45) is 0. The van der Waals surface area contributed by atoms with Gasteiger partial charge < -0.3 is 9.47 Å². The number of carbonyl (C=O) groups is 4. The number of ether oxygens (including phenoxy) is 2. The van der Waals surface area contributed by atoms with Crippen molar-refractivity contribution in [3.8, 4) is 5.75 Å². The number of Topliss-reactive ketones (excluding diaryl/α,β-unsaturated/α-hetero) is 1. The van der Waals surface area contributed by atoms with E-state index >= 15 is 0 Å². The van der Waals surface area contributed by atoms with Crippen molar-refractivity contribution in [2.75, 3.05) is 18.6 Å². The molecular weight excluding hydrogens is 553 g/mol. The van der Waals surface area contributed by atoms with Crippen LogP contribution in [0.4, 0.5) is 5.69 Å². The number of carbonyl (C=O) groups excluding carboxylic acids is 4. The average molecular weight is 569 g/mol. The van der Waals surface area contributed by atoms with Crippen LogP contribution in [0.1, 0.15) is 41.4 Å². The lowest BCUT2D eigenvalue weighted by molar-refractivity contribution is 0.0472. The molecule has 0 bridgehead atoms. The van der Waals surface area contributed by atoms with E-state index in [1.807, 2.05) is 30.3 Å². The minimum atomic E-state index is -0.871. The largest absolute Gasteiger partial charge is 0.496 e. The molecule has 1 aliphatic rings. The highest BCUT2D eigenvalue weighted by Gasteiger charge is 2.39. The van der Waals surface area contributed by atoms with Gasteiger partial charge in [-0.25, -0.2) is 9.69 Å². The highest BCUT2D eigenvalue weighted by atomic mass is 35.5. The number of hydrogen-bond donors (Lipinski definition) is 0. The molecule has 0 aliphatic carbocycles. The summed E-state index contributed by atoms with van der Waals surface area (Å²) in [7, 11) is 1.30. The zero-order chi connectivity index (χ0) is 27.1. The molecule has 0 atom stereocenters. The van der Waals surface area contributed by atoms with Crippen molar-refractivity contribution in [2.45, 2.75) is 0 Å². The molecule has 7 nitrogen and oxygen atoms in total. The monoisotopic (exact) mass is 567 g/mol. The van der Waals surface area contributed by atoms with Crippen LogP contribution < -0.4 is 9.64 Å². The predicted octanol–water partition coefficient (Wildman–Crippen LogP) is 6.65. The van der Waals surface area contributed by atoms with Crippen molar-refractivity contribution < 1.29 is 28.7 Å². The zero-order valence-corrected chi connectivity index (χ0v) is 21.9. The van der Waals surface area contributed by atoms with Gasteiger partial charge in [0.1, 0.15) is 11.3 Å². The fourth-order valence-electron chi connectivity index (χ4n) is 4.25. The number of halogens is 3. The molecule has 1 aliphatic heterocycles. The Balaban J connectivity index is 1.40. The van der Waals surface area contributed by atoms with Crippen LogP contribution in [0.5, 0.6) is 5.75 Å². The van der Waals surface area contributed by atoms with E-state index in [1.165, 1.54) is 31.4 Å². The molecule has 10 heteroatoms. The summed E-state index contributed by atoms with van der Waals surface area (Å²) >= 11 is 18.4. The summed E-state index contributed by atoms with van der Waals surface area (Å²) in [6.45, 7) is -0.519. The molecule has 0 N–H and O–H groups in total. The van der Waals surface area contributed by atoms with Crippen LogP contribution in [0, 0.1) is 0 Å². The second kappa shape index (κ2) is 10.1. The van der Waals surface area contributed by atoms with Crippen molar-refractivity contribution in [2.24, 2.45) is 0 Å². The van der Waals surface area contributed by atoms with Crippen molar-refractivity contribution in [1.29, 1.82) is 0 Å². The van der Waals surface area contributed by atoms with Crippen LogP contribution in [-0.2, 0) is 4.74 Å². The first-order chi connectivity index (χ1) is 18.2. The average Bonchev–Trinajstić information content (AvgIpc) is 3.15. The Morgan fingerprint density at radius 1 is 0.789 bits per heavy atom. The van der Waals surface area contributed by atoms with Gasteiger partial charge in [0.25, 0.3) is 11.8 Å². The molecule has 0 saturated carbocycles. The molecule has 0 fully saturated rings. The second-order valence-corrected chi connectivity index (χ2v) is 9.51. The molecule has 0 spiro atoms. The number of benzene rings is 4. The summed E-state index contributed by atoms with van der Waals surface area (Å²) in [5.74, 6) is -2.60. The van der Waals surface area contributed by atoms with Gasteiger partial charge >= 0.3 is 5.97 Å². The molecular formula is C28H16Cl3NO6. The number of hydrogen-bond acceptors (Lipinski definition) is 6. The van der Waals surface area contributed by atoms with Gasteiger partial charge in [0.15, 0.2) is 6.61 Å². The molecule has 190 valence electrons. The molecule has 4 aromatic carbocycles. The van der Waals surface area contributed by atoms with Crippen molar-refractivity contribution >= 4 is 74.8 Å². The second-order valence-electron chi connectivity index (χ2n) is 8.29. The van der Waals surface area contributed by atoms with Gasteiger partial charge in [-0.3, -0.25) is 14.4 Å². The lowest BCUT2D eigenvalue weighted by Crippen LogP contribution is -2.29. The number of ketones is 1. The summed E-state index contributed by atoms with van der Waals surface area (Å²) in [4.78, 5) is 52.6. The van der Waals surface area contributed by atoms with E-state index in [1.54, 1.807) is 12.1 Å². The van der Waals surface area contributed by atoms with E-state index in [2.05, 4.69) is 0 Å². The van der Waals surface area contributed by atoms with Crippen molar-refractivity contribution in [3.05, 3.63) is 104 Å². The number of fused-ring (bicyclic) bond motifs is 2. The highest BCUT2D eigenvalue weighted by molar-refractivity contribution is 6.45. The molecule has 0 saturated heterocycles. The maximum atomic E-state index is 13.0. The van der Waals surface area contributed by atoms with Gasteiger partial charge in [-0.15, -0.1) is 0 Å². The Kier molecular flexibility index (Phi) is 6.84. The molecule has 5 rings (SSSR count). The van der Waals surface area contributed by atoms with E-state index in [-0.39, 0.29) is 49.0 Å². The molecule has 4 aromatic rings. The normalized spacial score (nSPS) is 12.6. The Morgan fingerprint density at radius 3 is 2.08 bits per heavy atom. The lowest BCUT2D eigenvalue weighted by atomic mass is 10.0. The van der Waals surface area contributed by atoms with Gasteiger partial charge in [0.05, 0.1) is 39.0 Å². The summed E-state index contributed by atoms with van der Waals surface area (Å²) in [6, 6.07) is 17.8. The number of imide groups is 1. The van der Waals surface area contributed by atoms with E-state index in [4.69, 9.17) is 44.3 Å². The predicted molar refractivity (Wildman–Crippen MR) is 144 cm³/mol. The maximum absolute atomic E-state index is 13.0. The molecule has 2 amide bonds. The van der Waals surface area contributed by atoms with Gasteiger partial charge in [-0.1, -0.05) is 77.3 Å². The van der Waals surface area contributed by atoms with E-state index in [9.17, 15) is 19.2 Å². The standard InChI is InChI=1S/C28H16Cl3NO6/c1-37-25-12-23(32-26(34)17-9-20(29)21(30)10-18(17)27(32)35)22(31)11-19(25)28(36)38-13-24(33)16-8-4-6-14-5-2-3-7-15(14)16/h2-12H,13H2,1H3. The number of amides is 2. The fraction of sp³-hybridized carbons (Fsp3) is 0.0714. The highest BCUT2D eigenvalue weighted by Crippen LogP contribution is 2.39. The molecule has 0 aromatic heterocycles. The zero-order valence-electron chi connectivity index (χ0n) is 19.6. The summed E-state index contributed by atoms with van der Waals surface area (Å²) in [5.41, 5.74) is 0.451. The first-order valence-corrected chi connectivity index (χ1v) is 12.3.